The van der Waals surface area contributed by atoms with Gasteiger partial charge in [0.2, 0.25) is 13.6 Å². The number of aromatic nitrogens is 1. The van der Waals surface area contributed by atoms with Crippen molar-refractivity contribution < 1.29 is 37.4 Å². The Bertz CT molecular complexity index is 1510. The van der Waals surface area contributed by atoms with Crippen molar-refractivity contribution >= 4 is 30.6 Å². The van der Waals surface area contributed by atoms with Crippen molar-refractivity contribution in [3.05, 3.63) is 78.1 Å². The summed E-state index contributed by atoms with van der Waals surface area (Å²) in [5.74, 6) is -0.675. The van der Waals surface area contributed by atoms with Crippen molar-refractivity contribution in [2.75, 3.05) is 41.3 Å². The van der Waals surface area contributed by atoms with Gasteiger partial charge in [-0.2, -0.15) is 0 Å². The van der Waals surface area contributed by atoms with E-state index in [-0.39, 0.29) is 12.1 Å². The number of carbonyl (C=O) groups is 2. The number of allylic oxidation sites excluding steroid dienone is 2. The van der Waals surface area contributed by atoms with Gasteiger partial charge in [0.05, 0.1) is 23.8 Å². The van der Waals surface area contributed by atoms with Crippen molar-refractivity contribution in [3.8, 4) is 5.75 Å². The SMILES string of the molecule is COc1ccc2c(CCN(C)C)cn(P(=O)(OCOC(=O)C3=CN(C(C)C)C=CC3)OCOC(=O)C3=CN(C(C)C)C=CC3)c2c1. The van der Waals surface area contributed by atoms with Crippen LogP contribution in [0.2, 0.25) is 0 Å². The summed E-state index contributed by atoms with van der Waals surface area (Å²) in [5.41, 5.74) is 2.27. The average Bonchev–Trinajstić information content (AvgIpc) is 3.42. The number of hydrogen-bond acceptors (Lipinski definition) is 11. The number of rotatable bonds is 15. The Morgan fingerprint density at radius 3 is 1.91 bits per heavy atom. The number of fused-ring (bicyclic) bond motifs is 1. The first kappa shape index (κ1) is 35.0. The third-order valence-corrected chi connectivity index (χ3v) is 9.26. The monoisotopic (exact) mass is 656 g/mol. The Morgan fingerprint density at radius 1 is 0.891 bits per heavy atom. The summed E-state index contributed by atoms with van der Waals surface area (Å²) in [7, 11) is 1.16. The molecule has 0 saturated heterocycles. The van der Waals surface area contributed by atoms with Gasteiger partial charge in [0.15, 0.2) is 0 Å². The number of hydrogen-bond donors (Lipinski definition) is 0. The Kier molecular flexibility index (Phi) is 11.9. The molecule has 0 radical (unpaired) electrons. The molecule has 0 N–H and O–H groups in total. The largest absolute Gasteiger partial charge is 0.497 e. The maximum atomic E-state index is 14.6. The topological polar surface area (TPSA) is 112 Å². The second kappa shape index (κ2) is 15.6. The van der Waals surface area contributed by atoms with E-state index in [0.29, 0.717) is 41.7 Å². The first-order valence-corrected chi connectivity index (χ1v) is 16.8. The summed E-state index contributed by atoms with van der Waals surface area (Å²) >= 11 is 0. The minimum atomic E-state index is -4.32. The van der Waals surface area contributed by atoms with Crippen LogP contribution in [0, 0.1) is 0 Å². The van der Waals surface area contributed by atoms with Crippen LogP contribution in [0.5, 0.6) is 5.75 Å². The van der Waals surface area contributed by atoms with Gasteiger partial charge in [-0.25, -0.2) is 14.2 Å². The summed E-state index contributed by atoms with van der Waals surface area (Å²) < 4.78 is 43.8. The third kappa shape index (κ3) is 8.70. The number of likely N-dealkylation sites (N-methyl/N-ethyl adjacent to an activating group) is 1. The van der Waals surface area contributed by atoms with Crippen LogP contribution < -0.4 is 4.74 Å². The van der Waals surface area contributed by atoms with Gasteiger partial charge >= 0.3 is 19.7 Å². The van der Waals surface area contributed by atoms with Crippen molar-refractivity contribution in [2.45, 2.75) is 59.0 Å². The quantitative estimate of drug-likeness (QED) is 0.132. The van der Waals surface area contributed by atoms with E-state index in [1.54, 1.807) is 24.7 Å². The Hall–Kier alpha value is -3.83. The molecule has 2 aliphatic heterocycles. The molecule has 2 aromatic rings. The number of carbonyl (C=O) groups excluding carboxylic acids is 2. The zero-order valence-electron chi connectivity index (χ0n) is 27.7. The lowest BCUT2D eigenvalue weighted by molar-refractivity contribution is -0.147. The lowest BCUT2D eigenvalue weighted by Crippen LogP contribution is -2.24. The lowest BCUT2D eigenvalue weighted by Gasteiger charge is -2.25. The van der Waals surface area contributed by atoms with E-state index >= 15 is 0 Å². The van der Waals surface area contributed by atoms with E-state index in [0.717, 1.165) is 17.5 Å². The molecule has 1 aromatic heterocycles. The molecule has 13 heteroatoms. The molecule has 0 amide bonds. The molecule has 0 fully saturated rings. The first-order chi connectivity index (χ1) is 21.9. The number of methoxy groups -OCH3 is 1. The van der Waals surface area contributed by atoms with Crippen molar-refractivity contribution in [2.24, 2.45) is 0 Å². The number of benzene rings is 1. The van der Waals surface area contributed by atoms with Gasteiger partial charge in [0.25, 0.3) is 0 Å². The highest BCUT2D eigenvalue weighted by Crippen LogP contribution is 2.52. The normalized spacial score (nSPS) is 15.2. The van der Waals surface area contributed by atoms with E-state index in [1.165, 1.54) is 11.4 Å². The molecule has 0 bridgehead atoms. The summed E-state index contributed by atoms with van der Waals surface area (Å²) in [4.78, 5) is 31.7. The van der Waals surface area contributed by atoms with E-state index in [4.69, 9.17) is 23.3 Å². The fraction of sp³-hybridized carbons (Fsp3) is 0.455. The molecule has 46 heavy (non-hydrogen) atoms. The minimum Gasteiger partial charge on any atom is -0.497 e. The number of ether oxygens (including phenoxy) is 3. The highest BCUT2D eigenvalue weighted by atomic mass is 31.2. The second-order valence-electron chi connectivity index (χ2n) is 11.8. The van der Waals surface area contributed by atoms with Crippen LogP contribution in [0.3, 0.4) is 0 Å². The summed E-state index contributed by atoms with van der Waals surface area (Å²) in [6.45, 7) is 7.42. The Morgan fingerprint density at radius 2 is 1.43 bits per heavy atom. The Balaban J connectivity index is 1.58. The molecular formula is C33H45N4O8P. The fourth-order valence-electron chi connectivity index (χ4n) is 4.84. The molecule has 0 saturated carbocycles. The molecule has 4 rings (SSSR count). The predicted molar refractivity (Wildman–Crippen MR) is 175 cm³/mol. The standard InChI is InChI=1S/C33H45N4O8P/c1-24(2)35-15-8-10-27(19-35)32(38)42-22-44-46(40,45-23-43-33(39)28-11-9-16-36(20-28)25(3)4)37-21-26(14-17-34(5)6)30-13-12-29(41-7)18-31(30)37/h8-9,12-13,15-16,18-21,24-25H,10-11,14,17,22-23H2,1-7H3. The van der Waals surface area contributed by atoms with E-state index in [9.17, 15) is 14.2 Å². The summed E-state index contributed by atoms with van der Waals surface area (Å²) in [6, 6.07) is 5.74. The van der Waals surface area contributed by atoms with Crippen LogP contribution in [0.25, 0.3) is 10.9 Å². The molecule has 0 aliphatic carbocycles. The zero-order chi connectivity index (χ0) is 33.4. The fourth-order valence-corrected chi connectivity index (χ4v) is 6.25. The van der Waals surface area contributed by atoms with Crippen LogP contribution in [0.15, 0.2) is 72.5 Å². The van der Waals surface area contributed by atoms with Gasteiger partial charge in [-0.1, -0.05) is 12.2 Å². The third-order valence-electron chi connectivity index (χ3n) is 7.54. The predicted octanol–water partition coefficient (Wildman–Crippen LogP) is 5.77. The maximum Gasteiger partial charge on any atom is 0.445 e. The molecule has 3 heterocycles. The van der Waals surface area contributed by atoms with Gasteiger partial charge in [-0.3, -0.25) is 13.4 Å². The van der Waals surface area contributed by atoms with Crippen molar-refractivity contribution in [1.82, 2.24) is 19.0 Å². The van der Waals surface area contributed by atoms with Crippen LogP contribution in [-0.2, 0) is 39.1 Å². The van der Waals surface area contributed by atoms with E-state index in [2.05, 4.69) is 0 Å². The summed E-state index contributed by atoms with van der Waals surface area (Å²) in [5, 5.41) is 0.824. The molecule has 0 unspecified atom stereocenters. The minimum absolute atomic E-state index is 0.154. The van der Waals surface area contributed by atoms with Crippen molar-refractivity contribution in [1.29, 1.82) is 0 Å². The lowest BCUT2D eigenvalue weighted by atomic mass is 10.1. The molecule has 12 nitrogen and oxygen atoms in total. The van der Waals surface area contributed by atoms with Crippen LogP contribution in [0.4, 0.5) is 0 Å². The van der Waals surface area contributed by atoms with Crippen molar-refractivity contribution in [3.63, 3.8) is 0 Å². The van der Waals surface area contributed by atoms with Gasteiger partial charge in [0.1, 0.15) is 5.75 Å². The highest BCUT2D eigenvalue weighted by molar-refractivity contribution is 7.52. The van der Waals surface area contributed by atoms with Gasteiger partial charge in [-0.05, 0) is 65.9 Å². The second-order valence-corrected chi connectivity index (χ2v) is 13.7. The van der Waals surface area contributed by atoms with Crippen LogP contribution in [0.1, 0.15) is 46.1 Å². The van der Waals surface area contributed by atoms with Crippen LogP contribution >= 0.6 is 7.75 Å². The zero-order valence-corrected chi connectivity index (χ0v) is 28.6. The van der Waals surface area contributed by atoms with Gasteiger partial charge in [-0.15, -0.1) is 0 Å². The van der Waals surface area contributed by atoms with Crippen LogP contribution in [-0.4, -0.2) is 84.4 Å². The molecule has 1 aromatic carbocycles. The molecule has 0 atom stereocenters. The summed E-state index contributed by atoms with van der Waals surface area (Å²) in [6.07, 6.45) is 14.1. The molecule has 250 valence electrons. The highest BCUT2D eigenvalue weighted by Gasteiger charge is 2.33. The molecular weight excluding hydrogens is 611 g/mol. The smallest absolute Gasteiger partial charge is 0.445 e. The first-order valence-electron chi connectivity index (χ1n) is 15.3. The van der Waals surface area contributed by atoms with Gasteiger partial charge in [0, 0.05) is 73.9 Å². The average molecular weight is 657 g/mol. The molecule has 0 spiro atoms. The number of nitrogens with zero attached hydrogens (tertiary/aromatic N) is 4. The van der Waals surface area contributed by atoms with E-state index < -0.39 is 33.3 Å². The Labute approximate surface area is 271 Å². The molecule has 2 aliphatic rings. The van der Waals surface area contributed by atoms with Gasteiger partial charge < -0.3 is 28.9 Å². The number of esters is 2. The maximum absolute atomic E-state index is 14.6. The van der Waals surface area contributed by atoms with E-state index in [1.807, 2.05) is 93.2 Å².